The van der Waals surface area contributed by atoms with E-state index in [9.17, 15) is 0 Å². The topological polar surface area (TPSA) is 18.5 Å². The van der Waals surface area contributed by atoms with Crippen LogP contribution in [0.15, 0.2) is 54.6 Å². The molecule has 0 spiro atoms. The Kier molecular flexibility index (Phi) is 4.67. The zero-order valence-corrected chi connectivity index (χ0v) is 12.4. The summed E-state index contributed by atoms with van der Waals surface area (Å²) in [6.07, 6.45) is 0. The molecule has 106 valence electrons. The van der Waals surface area contributed by atoms with Gasteiger partial charge in [-0.25, -0.2) is 0 Å². The third-order valence-corrected chi connectivity index (χ3v) is 2.74. The van der Waals surface area contributed by atoms with E-state index >= 15 is 0 Å². The average Bonchev–Trinajstić information content (AvgIpc) is 2.44. The molecular formula is C18H22O2. The van der Waals surface area contributed by atoms with E-state index in [0.29, 0.717) is 13.2 Å². The summed E-state index contributed by atoms with van der Waals surface area (Å²) in [4.78, 5) is 0. The van der Waals surface area contributed by atoms with Gasteiger partial charge in [0.05, 0.1) is 6.61 Å². The summed E-state index contributed by atoms with van der Waals surface area (Å²) < 4.78 is 11.5. The lowest BCUT2D eigenvalue weighted by atomic mass is 9.99. The SMILES string of the molecule is CC(C)(C)COc1ccc(OCc2ccccc2)cc1. The van der Waals surface area contributed by atoms with Gasteiger partial charge < -0.3 is 9.47 Å². The van der Waals surface area contributed by atoms with Crippen molar-refractivity contribution < 1.29 is 9.47 Å². The van der Waals surface area contributed by atoms with E-state index < -0.39 is 0 Å². The fourth-order valence-electron chi connectivity index (χ4n) is 1.67. The highest BCUT2D eigenvalue weighted by molar-refractivity contribution is 5.31. The molecule has 2 rings (SSSR count). The van der Waals surface area contributed by atoms with Crippen LogP contribution in [0.4, 0.5) is 0 Å². The van der Waals surface area contributed by atoms with Crippen LogP contribution in [0.25, 0.3) is 0 Å². The lowest BCUT2D eigenvalue weighted by Crippen LogP contribution is -2.16. The molecule has 0 aliphatic rings. The minimum Gasteiger partial charge on any atom is -0.493 e. The molecule has 0 saturated carbocycles. The highest BCUT2D eigenvalue weighted by Gasteiger charge is 2.10. The summed E-state index contributed by atoms with van der Waals surface area (Å²) in [5.74, 6) is 1.74. The van der Waals surface area contributed by atoms with Crippen molar-refractivity contribution in [3.05, 3.63) is 60.2 Å². The van der Waals surface area contributed by atoms with Crippen LogP contribution in [0.2, 0.25) is 0 Å². The molecule has 2 heteroatoms. The number of benzene rings is 2. The Labute approximate surface area is 121 Å². The van der Waals surface area contributed by atoms with Crippen LogP contribution in [0.5, 0.6) is 11.5 Å². The van der Waals surface area contributed by atoms with Gasteiger partial charge in [-0.15, -0.1) is 0 Å². The van der Waals surface area contributed by atoms with E-state index in [4.69, 9.17) is 9.47 Å². The van der Waals surface area contributed by atoms with Crippen LogP contribution in [0.3, 0.4) is 0 Å². The summed E-state index contributed by atoms with van der Waals surface area (Å²) >= 11 is 0. The highest BCUT2D eigenvalue weighted by Crippen LogP contribution is 2.21. The summed E-state index contributed by atoms with van der Waals surface area (Å²) in [7, 11) is 0. The van der Waals surface area contributed by atoms with Crippen molar-refractivity contribution in [3.63, 3.8) is 0 Å². The average molecular weight is 270 g/mol. The smallest absolute Gasteiger partial charge is 0.120 e. The van der Waals surface area contributed by atoms with Gasteiger partial charge in [0.15, 0.2) is 0 Å². The second kappa shape index (κ2) is 6.47. The Morgan fingerprint density at radius 3 is 1.85 bits per heavy atom. The molecule has 0 aliphatic heterocycles. The number of hydrogen-bond donors (Lipinski definition) is 0. The Morgan fingerprint density at radius 1 is 0.750 bits per heavy atom. The maximum atomic E-state index is 5.74. The molecule has 2 nitrogen and oxygen atoms in total. The summed E-state index contributed by atoms with van der Waals surface area (Å²) in [6, 6.07) is 17.9. The maximum absolute atomic E-state index is 5.74. The molecule has 0 unspecified atom stereocenters. The molecule has 2 aromatic rings. The second-order valence-corrected chi connectivity index (χ2v) is 6.10. The molecule has 0 fully saturated rings. The predicted octanol–water partition coefficient (Wildman–Crippen LogP) is 4.69. The van der Waals surface area contributed by atoms with Gasteiger partial charge in [0.25, 0.3) is 0 Å². The van der Waals surface area contributed by atoms with Gasteiger partial charge in [-0.1, -0.05) is 51.1 Å². The first-order valence-electron chi connectivity index (χ1n) is 6.92. The van der Waals surface area contributed by atoms with Gasteiger partial charge in [0.2, 0.25) is 0 Å². The van der Waals surface area contributed by atoms with E-state index in [1.807, 2.05) is 42.5 Å². The summed E-state index contributed by atoms with van der Waals surface area (Å²) in [6.45, 7) is 7.76. The standard InChI is InChI=1S/C18H22O2/c1-18(2,3)14-20-17-11-9-16(10-12-17)19-13-15-7-5-4-6-8-15/h4-12H,13-14H2,1-3H3. The summed E-state index contributed by atoms with van der Waals surface area (Å²) in [5, 5.41) is 0. The van der Waals surface area contributed by atoms with Crippen molar-refractivity contribution in [3.8, 4) is 11.5 Å². The van der Waals surface area contributed by atoms with Crippen LogP contribution in [-0.4, -0.2) is 6.61 Å². The van der Waals surface area contributed by atoms with Gasteiger partial charge in [-0.2, -0.15) is 0 Å². The molecule has 0 N–H and O–H groups in total. The molecule has 0 saturated heterocycles. The fraction of sp³-hybridized carbons (Fsp3) is 0.333. The molecular weight excluding hydrogens is 248 g/mol. The van der Waals surface area contributed by atoms with Gasteiger partial charge in [0.1, 0.15) is 18.1 Å². The van der Waals surface area contributed by atoms with E-state index in [2.05, 4.69) is 32.9 Å². The Balaban J connectivity index is 1.85. The third kappa shape index (κ3) is 4.96. The van der Waals surface area contributed by atoms with Crippen LogP contribution in [0, 0.1) is 5.41 Å². The largest absolute Gasteiger partial charge is 0.493 e. The number of ether oxygens (including phenoxy) is 2. The van der Waals surface area contributed by atoms with Crippen LogP contribution in [-0.2, 0) is 6.61 Å². The summed E-state index contributed by atoms with van der Waals surface area (Å²) in [5.41, 5.74) is 1.34. The van der Waals surface area contributed by atoms with E-state index in [0.717, 1.165) is 11.5 Å². The molecule has 2 aromatic carbocycles. The molecule has 0 aliphatic carbocycles. The lowest BCUT2D eigenvalue weighted by Gasteiger charge is -2.18. The van der Waals surface area contributed by atoms with E-state index in [1.165, 1.54) is 5.56 Å². The quantitative estimate of drug-likeness (QED) is 0.784. The molecule has 0 atom stereocenters. The molecule has 0 heterocycles. The van der Waals surface area contributed by atoms with Gasteiger partial charge >= 0.3 is 0 Å². The normalized spacial score (nSPS) is 11.2. The van der Waals surface area contributed by atoms with Crippen molar-refractivity contribution in [1.29, 1.82) is 0 Å². The van der Waals surface area contributed by atoms with Crippen molar-refractivity contribution >= 4 is 0 Å². The molecule has 0 bridgehead atoms. The fourth-order valence-corrected chi connectivity index (χ4v) is 1.67. The van der Waals surface area contributed by atoms with E-state index in [-0.39, 0.29) is 5.41 Å². The zero-order valence-electron chi connectivity index (χ0n) is 12.4. The molecule has 0 aromatic heterocycles. The van der Waals surface area contributed by atoms with Gasteiger partial charge in [0, 0.05) is 0 Å². The Bertz CT molecular complexity index is 509. The maximum Gasteiger partial charge on any atom is 0.120 e. The van der Waals surface area contributed by atoms with Crippen molar-refractivity contribution in [2.75, 3.05) is 6.61 Å². The monoisotopic (exact) mass is 270 g/mol. The Morgan fingerprint density at radius 2 is 1.30 bits per heavy atom. The Hall–Kier alpha value is -1.96. The minimum absolute atomic E-state index is 0.169. The molecule has 0 radical (unpaired) electrons. The van der Waals surface area contributed by atoms with Crippen LogP contribution >= 0.6 is 0 Å². The van der Waals surface area contributed by atoms with Crippen molar-refractivity contribution in [2.24, 2.45) is 5.41 Å². The second-order valence-electron chi connectivity index (χ2n) is 6.10. The highest BCUT2D eigenvalue weighted by atomic mass is 16.5. The van der Waals surface area contributed by atoms with Gasteiger partial charge in [-0.3, -0.25) is 0 Å². The minimum atomic E-state index is 0.169. The number of rotatable bonds is 5. The third-order valence-electron chi connectivity index (χ3n) is 2.74. The van der Waals surface area contributed by atoms with Crippen molar-refractivity contribution in [1.82, 2.24) is 0 Å². The zero-order chi connectivity index (χ0) is 14.4. The predicted molar refractivity (Wildman–Crippen MR) is 82.2 cm³/mol. The van der Waals surface area contributed by atoms with E-state index in [1.54, 1.807) is 0 Å². The molecule has 20 heavy (non-hydrogen) atoms. The van der Waals surface area contributed by atoms with Crippen LogP contribution < -0.4 is 9.47 Å². The van der Waals surface area contributed by atoms with Crippen LogP contribution in [0.1, 0.15) is 26.3 Å². The number of hydrogen-bond acceptors (Lipinski definition) is 2. The first kappa shape index (κ1) is 14.4. The first-order valence-corrected chi connectivity index (χ1v) is 6.92. The first-order chi connectivity index (χ1) is 9.53. The van der Waals surface area contributed by atoms with Crippen molar-refractivity contribution in [2.45, 2.75) is 27.4 Å². The van der Waals surface area contributed by atoms with Gasteiger partial charge in [-0.05, 0) is 35.2 Å². The lowest BCUT2D eigenvalue weighted by molar-refractivity contribution is 0.197. The molecule has 0 amide bonds.